The van der Waals surface area contributed by atoms with E-state index in [-0.39, 0.29) is 0 Å². The lowest BCUT2D eigenvalue weighted by molar-refractivity contribution is 0.100. The van der Waals surface area contributed by atoms with Crippen molar-refractivity contribution in [3.8, 4) is 0 Å². The zero-order valence-corrected chi connectivity index (χ0v) is 9.93. The van der Waals surface area contributed by atoms with E-state index in [1.165, 1.54) is 0 Å². The third kappa shape index (κ3) is 2.60. The molecule has 0 spiro atoms. The molecule has 18 heavy (non-hydrogen) atoms. The lowest BCUT2D eigenvalue weighted by Crippen LogP contribution is -2.15. The molecule has 0 saturated heterocycles. The van der Waals surface area contributed by atoms with Gasteiger partial charge in [0, 0.05) is 17.4 Å². The van der Waals surface area contributed by atoms with Crippen molar-refractivity contribution in [2.24, 2.45) is 5.73 Å². The van der Waals surface area contributed by atoms with Crippen molar-refractivity contribution in [1.82, 2.24) is 5.16 Å². The number of carbonyl (C=O) groups is 1. The fourth-order valence-corrected chi connectivity index (χ4v) is 1.61. The van der Waals surface area contributed by atoms with Gasteiger partial charge in [-0.1, -0.05) is 5.16 Å². The summed E-state index contributed by atoms with van der Waals surface area (Å²) in [5.74, 6) is 0.209. The molecular formula is C12H14N4O2. The molecule has 6 heteroatoms. The Morgan fingerprint density at radius 1 is 1.44 bits per heavy atom. The number of nitrogens with zero attached hydrogens (tertiary/aromatic N) is 1. The maximum atomic E-state index is 11.3. The molecule has 0 unspecified atom stereocenters. The van der Waals surface area contributed by atoms with E-state index in [0.29, 0.717) is 23.5 Å². The van der Waals surface area contributed by atoms with E-state index in [2.05, 4.69) is 10.5 Å². The molecule has 0 atom stereocenters. The number of carbonyl (C=O) groups excluding carboxylic acids is 1. The van der Waals surface area contributed by atoms with E-state index in [0.717, 1.165) is 11.5 Å². The molecule has 0 bridgehead atoms. The molecule has 1 aromatic heterocycles. The number of hydrogen-bond donors (Lipinski definition) is 3. The van der Waals surface area contributed by atoms with E-state index in [1.807, 2.05) is 13.0 Å². The van der Waals surface area contributed by atoms with Crippen molar-refractivity contribution in [3.05, 3.63) is 41.3 Å². The van der Waals surface area contributed by atoms with Crippen molar-refractivity contribution in [3.63, 3.8) is 0 Å². The monoisotopic (exact) mass is 246 g/mol. The van der Waals surface area contributed by atoms with Crippen molar-refractivity contribution < 1.29 is 9.32 Å². The summed E-state index contributed by atoms with van der Waals surface area (Å²) in [5, 5.41) is 6.92. The van der Waals surface area contributed by atoms with Gasteiger partial charge < -0.3 is 21.3 Å². The molecule has 2 aromatic rings. The normalized spacial score (nSPS) is 10.3. The SMILES string of the molecule is Cc1cc(CNc2ccc(N)cc2C(N)=O)no1. The average molecular weight is 246 g/mol. The number of aromatic nitrogens is 1. The lowest BCUT2D eigenvalue weighted by Gasteiger charge is -2.09. The lowest BCUT2D eigenvalue weighted by atomic mass is 10.1. The van der Waals surface area contributed by atoms with Crippen LogP contribution in [0.3, 0.4) is 0 Å². The number of aryl methyl sites for hydroxylation is 1. The number of nitrogen functional groups attached to an aromatic ring is 1. The number of nitrogens with two attached hydrogens (primary N) is 2. The fourth-order valence-electron chi connectivity index (χ4n) is 1.61. The van der Waals surface area contributed by atoms with Crippen LogP contribution in [-0.2, 0) is 6.54 Å². The molecule has 0 radical (unpaired) electrons. The molecule has 1 amide bonds. The molecule has 2 rings (SSSR count). The van der Waals surface area contributed by atoms with Crippen LogP contribution in [0.5, 0.6) is 0 Å². The highest BCUT2D eigenvalue weighted by Crippen LogP contribution is 2.19. The van der Waals surface area contributed by atoms with Gasteiger partial charge in [-0.3, -0.25) is 4.79 Å². The Labute approximate surface area is 104 Å². The van der Waals surface area contributed by atoms with Crippen LogP contribution in [0.2, 0.25) is 0 Å². The molecule has 1 heterocycles. The van der Waals surface area contributed by atoms with Gasteiger partial charge in [0.2, 0.25) is 0 Å². The van der Waals surface area contributed by atoms with Crippen LogP contribution >= 0.6 is 0 Å². The summed E-state index contributed by atoms with van der Waals surface area (Å²) in [5.41, 5.74) is 13.1. The van der Waals surface area contributed by atoms with Gasteiger partial charge in [-0.2, -0.15) is 0 Å². The Kier molecular flexibility index (Phi) is 3.18. The molecule has 5 N–H and O–H groups in total. The highest BCUT2D eigenvalue weighted by molar-refractivity contribution is 5.99. The minimum atomic E-state index is -0.527. The van der Waals surface area contributed by atoms with Crippen LogP contribution in [-0.4, -0.2) is 11.1 Å². The van der Waals surface area contributed by atoms with Gasteiger partial charge in [0.05, 0.1) is 12.1 Å². The topological polar surface area (TPSA) is 107 Å². The number of primary amides is 1. The van der Waals surface area contributed by atoms with E-state index in [9.17, 15) is 4.79 Å². The predicted molar refractivity (Wildman–Crippen MR) is 67.9 cm³/mol. The molecule has 0 aliphatic carbocycles. The molecule has 6 nitrogen and oxygen atoms in total. The van der Waals surface area contributed by atoms with Crippen LogP contribution in [0.4, 0.5) is 11.4 Å². The zero-order valence-electron chi connectivity index (χ0n) is 9.93. The number of anilines is 2. The summed E-state index contributed by atoms with van der Waals surface area (Å²) < 4.78 is 4.95. The Morgan fingerprint density at radius 3 is 2.83 bits per heavy atom. The van der Waals surface area contributed by atoms with Gasteiger partial charge >= 0.3 is 0 Å². The van der Waals surface area contributed by atoms with Crippen molar-refractivity contribution in [2.45, 2.75) is 13.5 Å². The first-order chi connectivity index (χ1) is 8.56. The van der Waals surface area contributed by atoms with Crippen LogP contribution in [0.15, 0.2) is 28.8 Å². The summed E-state index contributed by atoms with van der Waals surface area (Å²) in [4.78, 5) is 11.3. The van der Waals surface area contributed by atoms with Gasteiger partial charge in [-0.25, -0.2) is 0 Å². The first kappa shape index (κ1) is 12.0. The second-order valence-corrected chi connectivity index (χ2v) is 3.95. The number of nitrogens with one attached hydrogen (secondary N) is 1. The number of rotatable bonds is 4. The molecule has 0 fully saturated rings. The van der Waals surface area contributed by atoms with Crippen molar-refractivity contribution in [1.29, 1.82) is 0 Å². The van der Waals surface area contributed by atoms with Crippen molar-refractivity contribution >= 4 is 17.3 Å². The predicted octanol–water partition coefficient (Wildman–Crippen LogP) is 1.28. The summed E-state index contributed by atoms with van der Waals surface area (Å²) in [7, 11) is 0. The Balaban J connectivity index is 2.16. The third-order valence-corrected chi connectivity index (χ3v) is 2.45. The third-order valence-electron chi connectivity index (χ3n) is 2.45. The molecule has 1 aromatic carbocycles. The minimum absolute atomic E-state index is 0.357. The standard InChI is InChI=1S/C12H14N4O2/c1-7-4-9(16-18-7)6-15-11-3-2-8(13)5-10(11)12(14)17/h2-5,15H,6,13H2,1H3,(H2,14,17). The number of benzene rings is 1. The second kappa shape index (κ2) is 4.79. The first-order valence-electron chi connectivity index (χ1n) is 5.41. The Bertz CT molecular complexity index is 577. The Hall–Kier alpha value is -2.50. The van der Waals surface area contributed by atoms with E-state index in [4.69, 9.17) is 16.0 Å². The number of hydrogen-bond acceptors (Lipinski definition) is 5. The summed E-state index contributed by atoms with van der Waals surface area (Å²) in [6.45, 7) is 2.26. The molecule has 0 saturated carbocycles. The van der Waals surface area contributed by atoms with Crippen LogP contribution < -0.4 is 16.8 Å². The minimum Gasteiger partial charge on any atom is -0.399 e. The van der Waals surface area contributed by atoms with Crippen LogP contribution in [0.25, 0.3) is 0 Å². The van der Waals surface area contributed by atoms with E-state index >= 15 is 0 Å². The van der Waals surface area contributed by atoms with E-state index in [1.54, 1.807) is 18.2 Å². The summed E-state index contributed by atoms with van der Waals surface area (Å²) in [6.07, 6.45) is 0. The van der Waals surface area contributed by atoms with Crippen LogP contribution in [0, 0.1) is 6.92 Å². The molecular weight excluding hydrogens is 232 g/mol. The average Bonchev–Trinajstić information content (AvgIpc) is 2.73. The van der Waals surface area contributed by atoms with Crippen molar-refractivity contribution in [2.75, 3.05) is 11.1 Å². The molecule has 94 valence electrons. The van der Waals surface area contributed by atoms with Gasteiger partial charge in [0.1, 0.15) is 11.5 Å². The molecule has 0 aliphatic heterocycles. The quantitative estimate of drug-likeness (QED) is 0.704. The van der Waals surface area contributed by atoms with Crippen LogP contribution in [0.1, 0.15) is 21.8 Å². The van der Waals surface area contributed by atoms with Gasteiger partial charge in [-0.15, -0.1) is 0 Å². The maximum absolute atomic E-state index is 11.3. The maximum Gasteiger partial charge on any atom is 0.250 e. The highest BCUT2D eigenvalue weighted by Gasteiger charge is 2.09. The van der Waals surface area contributed by atoms with E-state index < -0.39 is 5.91 Å². The largest absolute Gasteiger partial charge is 0.399 e. The van der Waals surface area contributed by atoms with Gasteiger partial charge in [0.15, 0.2) is 0 Å². The summed E-state index contributed by atoms with van der Waals surface area (Å²) in [6, 6.07) is 6.76. The first-order valence-corrected chi connectivity index (χ1v) is 5.41. The summed E-state index contributed by atoms with van der Waals surface area (Å²) >= 11 is 0. The van der Waals surface area contributed by atoms with Gasteiger partial charge in [0.25, 0.3) is 5.91 Å². The molecule has 0 aliphatic rings. The van der Waals surface area contributed by atoms with Gasteiger partial charge in [-0.05, 0) is 25.1 Å². The number of amides is 1. The highest BCUT2D eigenvalue weighted by atomic mass is 16.5. The Morgan fingerprint density at radius 2 is 2.22 bits per heavy atom. The smallest absolute Gasteiger partial charge is 0.250 e. The second-order valence-electron chi connectivity index (χ2n) is 3.95. The fraction of sp³-hybridized carbons (Fsp3) is 0.167. The zero-order chi connectivity index (χ0) is 13.1.